The maximum Gasteiger partial charge on any atom is 0.244 e. The molecule has 0 aliphatic carbocycles. The lowest BCUT2D eigenvalue weighted by molar-refractivity contribution is -0.120. The van der Waals surface area contributed by atoms with Gasteiger partial charge in [-0.15, -0.1) is 0 Å². The first-order valence-corrected chi connectivity index (χ1v) is 13.3. The molecule has 1 aliphatic heterocycles. The highest BCUT2D eigenvalue weighted by atomic mass is 32.2. The van der Waals surface area contributed by atoms with Crippen molar-refractivity contribution in [2.24, 2.45) is 0 Å². The van der Waals surface area contributed by atoms with E-state index in [-0.39, 0.29) is 12.5 Å². The molecule has 1 heterocycles. The van der Waals surface area contributed by atoms with Gasteiger partial charge in [-0.05, 0) is 98.7 Å². The van der Waals surface area contributed by atoms with Crippen LogP contribution in [0.5, 0.6) is 5.75 Å². The second-order valence-corrected chi connectivity index (χ2v) is 10.9. The van der Waals surface area contributed by atoms with E-state index in [0.717, 1.165) is 33.4 Å². The zero-order valence-corrected chi connectivity index (χ0v) is 21.7. The van der Waals surface area contributed by atoms with Crippen molar-refractivity contribution >= 4 is 21.6 Å². The monoisotopic (exact) mass is 492 g/mol. The first-order valence-electron chi connectivity index (χ1n) is 11.8. The smallest absolute Gasteiger partial charge is 0.244 e. The van der Waals surface area contributed by atoms with Gasteiger partial charge in [-0.25, -0.2) is 8.42 Å². The molecule has 1 unspecified atom stereocenters. The number of carbonyl (C=O) groups is 1. The number of sulfonamides is 1. The number of amides is 1. The van der Waals surface area contributed by atoms with E-state index >= 15 is 0 Å². The summed E-state index contributed by atoms with van der Waals surface area (Å²) in [5, 5.41) is 2.92. The summed E-state index contributed by atoms with van der Waals surface area (Å²) in [6.45, 7) is 10.1. The third-order valence-corrected chi connectivity index (χ3v) is 8.93. The third-order valence-electron chi connectivity index (χ3n) is 6.80. The lowest BCUT2D eigenvalue weighted by atomic mass is 9.95. The fraction of sp³-hybridized carbons (Fsp3) is 0.321. The number of anilines is 1. The van der Waals surface area contributed by atoms with Crippen molar-refractivity contribution in [1.82, 2.24) is 4.31 Å². The molecule has 35 heavy (non-hydrogen) atoms. The number of nitrogens with one attached hydrogen (secondary N) is 1. The summed E-state index contributed by atoms with van der Waals surface area (Å²) in [6.07, 6.45) is 0.307. The average molecular weight is 493 g/mol. The molecule has 1 N–H and O–H groups in total. The molecule has 0 bridgehead atoms. The Hall–Kier alpha value is -3.16. The van der Waals surface area contributed by atoms with Crippen LogP contribution < -0.4 is 10.1 Å². The summed E-state index contributed by atoms with van der Waals surface area (Å²) in [7, 11) is -3.96. The van der Waals surface area contributed by atoms with E-state index in [0.29, 0.717) is 29.4 Å². The number of aryl methyl sites for hydroxylation is 2. The molecule has 7 heteroatoms. The van der Waals surface area contributed by atoms with E-state index in [4.69, 9.17) is 4.74 Å². The van der Waals surface area contributed by atoms with Gasteiger partial charge in [0.15, 0.2) is 0 Å². The molecule has 0 fully saturated rings. The summed E-state index contributed by atoms with van der Waals surface area (Å²) in [5.41, 5.74) is 5.77. The van der Waals surface area contributed by atoms with E-state index in [1.54, 1.807) is 24.3 Å². The number of benzene rings is 3. The van der Waals surface area contributed by atoms with Gasteiger partial charge in [0.1, 0.15) is 11.8 Å². The van der Waals surface area contributed by atoms with E-state index in [1.165, 1.54) is 4.31 Å². The van der Waals surface area contributed by atoms with Gasteiger partial charge in [0.25, 0.3) is 0 Å². The summed E-state index contributed by atoms with van der Waals surface area (Å²) in [5.74, 6) is 0.356. The summed E-state index contributed by atoms with van der Waals surface area (Å²) in [4.78, 5) is 13.8. The van der Waals surface area contributed by atoms with E-state index in [1.807, 2.05) is 65.0 Å². The topological polar surface area (TPSA) is 75.7 Å². The minimum atomic E-state index is -3.96. The summed E-state index contributed by atoms with van der Waals surface area (Å²) < 4.78 is 35.2. The van der Waals surface area contributed by atoms with Crippen LogP contribution in [-0.2, 0) is 27.8 Å². The number of hydrogen-bond acceptors (Lipinski definition) is 4. The SMILES string of the molecule is CCOc1ccc(NC(=O)C2Cc3ccccc3CN2S(=O)(=O)c2c(C)c(C)cc(C)c2C)cc1. The fourth-order valence-corrected chi connectivity index (χ4v) is 6.83. The second-order valence-electron chi connectivity index (χ2n) is 9.08. The quantitative estimate of drug-likeness (QED) is 0.521. The minimum Gasteiger partial charge on any atom is -0.494 e. The molecule has 0 radical (unpaired) electrons. The number of nitrogens with zero attached hydrogens (tertiary/aromatic N) is 1. The van der Waals surface area contributed by atoms with Crippen molar-refractivity contribution in [3.8, 4) is 5.75 Å². The van der Waals surface area contributed by atoms with E-state index in [9.17, 15) is 13.2 Å². The Labute approximate surface area is 208 Å². The maximum atomic E-state index is 14.2. The lowest BCUT2D eigenvalue weighted by Gasteiger charge is -2.36. The van der Waals surface area contributed by atoms with Gasteiger partial charge in [-0.3, -0.25) is 4.79 Å². The molecule has 3 aromatic rings. The Morgan fingerprint density at radius 2 is 1.57 bits per heavy atom. The number of ether oxygens (including phenoxy) is 1. The molecular formula is C28H32N2O4S. The van der Waals surface area contributed by atoms with Crippen molar-refractivity contribution in [2.45, 2.75) is 58.5 Å². The molecule has 6 nitrogen and oxygen atoms in total. The molecule has 3 aromatic carbocycles. The zero-order valence-electron chi connectivity index (χ0n) is 20.9. The normalized spacial score (nSPS) is 16.0. The van der Waals surface area contributed by atoms with Gasteiger partial charge in [0.2, 0.25) is 15.9 Å². The number of rotatable bonds is 6. The van der Waals surface area contributed by atoms with Crippen molar-refractivity contribution in [3.05, 3.63) is 88.0 Å². The van der Waals surface area contributed by atoms with Crippen LogP contribution in [-0.4, -0.2) is 31.3 Å². The molecule has 1 atom stereocenters. The van der Waals surface area contributed by atoms with Crippen molar-refractivity contribution in [2.75, 3.05) is 11.9 Å². The summed E-state index contributed by atoms with van der Waals surface area (Å²) in [6, 6.07) is 15.9. The van der Waals surface area contributed by atoms with Crippen LogP contribution in [0.1, 0.15) is 40.3 Å². The largest absolute Gasteiger partial charge is 0.494 e. The molecular weight excluding hydrogens is 460 g/mol. The van der Waals surface area contributed by atoms with Gasteiger partial charge >= 0.3 is 0 Å². The van der Waals surface area contributed by atoms with Crippen molar-refractivity contribution in [3.63, 3.8) is 0 Å². The van der Waals surface area contributed by atoms with Gasteiger partial charge in [-0.2, -0.15) is 4.31 Å². The highest BCUT2D eigenvalue weighted by molar-refractivity contribution is 7.89. The van der Waals surface area contributed by atoms with Gasteiger partial charge < -0.3 is 10.1 Å². The Kier molecular flexibility index (Phi) is 7.01. The number of hydrogen-bond donors (Lipinski definition) is 1. The second kappa shape index (κ2) is 9.84. The van der Waals surface area contributed by atoms with Gasteiger partial charge in [-0.1, -0.05) is 30.3 Å². The first kappa shape index (κ1) is 24.9. The minimum absolute atomic E-state index is 0.145. The first-order chi connectivity index (χ1) is 16.6. The Bertz CT molecular complexity index is 1340. The highest BCUT2D eigenvalue weighted by Gasteiger charge is 2.41. The maximum absolute atomic E-state index is 14.2. The zero-order chi connectivity index (χ0) is 25.3. The highest BCUT2D eigenvalue weighted by Crippen LogP contribution is 2.34. The van der Waals surface area contributed by atoms with Crippen molar-refractivity contribution < 1.29 is 17.9 Å². The van der Waals surface area contributed by atoms with Crippen LogP contribution in [0.25, 0.3) is 0 Å². The van der Waals surface area contributed by atoms with Crippen LogP contribution in [0, 0.1) is 27.7 Å². The fourth-order valence-electron chi connectivity index (χ4n) is 4.69. The Morgan fingerprint density at radius 1 is 0.971 bits per heavy atom. The molecule has 0 aromatic heterocycles. The molecule has 184 valence electrons. The lowest BCUT2D eigenvalue weighted by Crippen LogP contribution is -2.50. The van der Waals surface area contributed by atoms with E-state index < -0.39 is 16.1 Å². The van der Waals surface area contributed by atoms with Gasteiger partial charge in [0.05, 0.1) is 11.5 Å². The molecule has 0 saturated carbocycles. The average Bonchev–Trinajstić information content (AvgIpc) is 2.83. The van der Waals surface area contributed by atoms with Crippen LogP contribution in [0.3, 0.4) is 0 Å². The third kappa shape index (κ3) is 4.83. The molecule has 0 saturated heterocycles. The Morgan fingerprint density at radius 3 is 2.17 bits per heavy atom. The standard InChI is InChI=1S/C28H32N2O4S/c1-6-34-25-13-11-24(12-14-25)29-28(31)26-16-22-9-7-8-10-23(22)17-30(26)35(32,33)27-20(4)18(2)15-19(3)21(27)5/h7-15,26H,6,16-17H2,1-5H3,(H,29,31). The van der Waals surface area contributed by atoms with Crippen LogP contribution in [0.15, 0.2) is 59.5 Å². The van der Waals surface area contributed by atoms with Crippen LogP contribution in [0.4, 0.5) is 5.69 Å². The van der Waals surface area contributed by atoms with Gasteiger partial charge in [0, 0.05) is 12.2 Å². The predicted octanol–water partition coefficient (Wildman–Crippen LogP) is 5.07. The molecule has 4 rings (SSSR count). The predicted molar refractivity (Wildman–Crippen MR) is 138 cm³/mol. The van der Waals surface area contributed by atoms with Crippen LogP contribution >= 0.6 is 0 Å². The van der Waals surface area contributed by atoms with Crippen molar-refractivity contribution in [1.29, 1.82) is 0 Å². The number of carbonyl (C=O) groups excluding carboxylic acids is 1. The van der Waals surface area contributed by atoms with E-state index in [2.05, 4.69) is 5.32 Å². The molecule has 0 spiro atoms. The Balaban J connectivity index is 1.74. The summed E-state index contributed by atoms with van der Waals surface area (Å²) >= 11 is 0. The van der Waals surface area contributed by atoms with Crippen LogP contribution in [0.2, 0.25) is 0 Å². The molecule has 1 aliphatic rings. The molecule has 1 amide bonds. The number of fused-ring (bicyclic) bond motifs is 1.